The van der Waals surface area contributed by atoms with Crippen LogP contribution in [0.5, 0.6) is 17.2 Å². The third-order valence-corrected chi connectivity index (χ3v) is 15.8. The van der Waals surface area contributed by atoms with Crippen LogP contribution in [0.2, 0.25) is 0 Å². The Hall–Kier alpha value is -5.41. The molecule has 352 valence electrons. The van der Waals surface area contributed by atoms with Crippen LogP contribution in [0.3, 0.4) is 0 Å². The van der Waals surface area contributed by atoms with Gasteiger partial charge in [-0.1, -0.05) is 90.8 Å². The lowest BCUT2D eigenvalue weighted by molar-refractivity contribution is -0.250. The van der Waals surface area contributed by atoms with Crippen molar-refractivity contribution < 1.29 is 42.4 Å². The Balaban J connectivity index is 1.21. The summed E-state index contributed by atoms with van der Waals surface area (Å²) >= 11 is 0. The number of nitrogens with zero attached hydrogens (tertiary/aromatic N) is 3. The van der Waals surface area contributed by atoms with Crippen molar-refractivity contribution >= 4 is 26.6 Å². The van der Waals surface area contributed by atoms with Gasteiger partial charge in [0.15, 0.2) is 0 Å². The number of aromatic nitrogens is 1. The molecule has 0 radical (unpaired) electrons. The van der Waals surface area contributed by atoms with Gasteiger partial charge in [-0.25, -0.2) is 8.42 Å². The molecule has 13 heteroatoms. The van der Waals surface area contributed by atoms with Gasteiger partial charge in [0.05, 0.1) is 36.4 Å². The highest BCUT2D eigenvalue weighted by atomic mass is 32.2. The molecule has 67 heavy (non-hydrogen) atoms. The van der Waals surface area contributed by atoms with Gasteiger partial charge in [0.1, 0.15) is 22.1 Å². The lowest BCUT2D eigenvalue weighted by Gasteiger charge is -2.59. The molecule has 7 atom stereocenters. The second-order valence-electron chi connectivity index (χ2n) is 18.0. The summed E-state index contributed by atoms with van der Waals surface area (Å²) in [6.07, 6.45) is 12.1. The number of sulfonamides is 1. The van der Waals surface area contributed by atoms with Gasteiger partial charge in [-0.2, -0.15) is 4.31 Å². The van der Waals surface area contributed by atoms with Gasteiger partial charge in [-0.3, -0.25) is 4.98 Å². The highest BCUT2D eigenvalue weighted by Gasteiger charge is 2.66. The second kappa shape index (κ2) is 20.8. The molecule has 0 amide bonds. The van der Waals surface area contributed by atoms with Crippen molar-refractivity contribution in [2.75, 3.05) is 33.5 Å². The molecule has 4 aromatic carbocycles. The molecule has 5 aromatic rings. The summed E-state index contributed by atoms with van der Waals surface area (Å²) in [7, 11) is -2.70. The Morgan fingerprint density at radius 3 is 2.42 bits per heavy atom. The van der Waals surface area contributed by atoms with Gasteiger partial charge in [0, 0.05) is 56.2 Å². The van der Waals surface area contributed by atoms with E-state index in [4.69, 9.17) is 28.9 Å². The first-order chi connectivity index (χ1) is 32.7. The summed E-state index contributed by atoms with van der Waals surface area (Å²) < 4.78 is 59.0. The Labute approximate surface area is 393 Å². The number of aliphatic hydroxyl groups is 2. The van der Waals surface area contributed by atoms with Gasteiger partial charge in [-0.15, -0.1) is 6.58 Å². The van der Waals surface area contributed by atoms with Crippen LogP contribution in [-0.2, 0) is 24.3 Å². The van der Waals surface area contributed by atoms with Crippen molar-refractivity contribution in [2.45, 2.75) is 93.1 Å². The molecule has 12 nitrogen and oxygen atoms in total. The minimum atomic E-state index is -4.28. The number of benzene rings is 4. The number of hydrogen-bond acceptors (Lipinski definition) is 11. The van der Waals surface area contributed by atoms with E-state index in [1.54, 1.807) is 37.5 Å². The molecule has 4 aliphatic rings. The zero-order chi connectivity index (χ0) is 46.4. The Bertz CT molecular complexity index is 2660. The lowest BCUT2D eigenvalue weighted by Crippen LogP contribution is -2.69. The van der Waals surface area contributed by atoms with Gasteiger partial charge in [0.2, 0.25) is 22.1 Å². The van der Waals surface area contributed by atoms with E-state index >= 15 is 8.42 Å². The minimum absolute atomic E-state index is 0.0134. The molecule has 2 aliphatic carbocycles. The van der Waals surface area contributed by atoms with Crippen LogP contribution >= 0.6 is 0 Å². The fraction of sp³-hybridized carbons (Fsp3) is 0.407. The summed E-state index contributed by atoms with van der Waals surface area (Å²) in [4.78, 5) is 10.9. The average Bonchev–Trinajstić information content (AvgIpc) is 3.36. The fourth-order valence-corrected chi connectivity index (χ4v) is 12.3. The zero-order valence-electron chi connectivity index (χ0n) is 38.1. The van der Waals surface area contributed by atoms with Gasteiger partial charge < -0.3 is 34.0 Å². The van der Waals surface area contributed by atoms with Crippen molar-refractivity contribution in [3.63, 3.8) is 0 Å². The summed E-state index contributed by atoms with van der Waals surface area (Å²) in [5.74, 6) is -0.604. The summed E-state index contributed by atoms with van der Waals surface area (Å²) in [5.41, 5.74) is 4.94. The molecule has 0 spiro atoms. The van der Waals surface area contributed by atoms with E-state index in [1.165, 1.54) is 4.31 Å². The van der Waals surface area contributed by atoms with Crippen LogP contribution in [0.15, 0.2) is 144 Å². The number of fused-ring (bicyclic) bond motifs is 3. The third-order valence-electron chi connectivity index (χ3n) is 14.0. The van der Waals surface area contributed by atoms with Crippen LogP contribution in [-0.4, -0.2) is 85.2 Å². The molecule has 1 saturated heterocycles. The molecule has 0 bridgehead atoms. The highest BCUT2D eigenvalue weighted by molar-refractivity contribution is 7.89. The first kappa shape index (κ1) is 46.7. The predicted octanol–water partition coefficient (Wildman–Crippen LogP) is 10.2. The maximum atomic E-state index is 15.3. The Morgan fingerprint density at radius 1 is 0.896 bits per heavy atom. The number of unbranched alkanes of at least 4 members (excludes halogenated alkanes) is 2. The summed E-state index contributed by atoms with van der Waals surface area (Å²) in [6.45, 7) is 4.82. The van der Waals surface area contributed by atoms with E-state index in [0.717, 1.165) is 60.8 Å². The number of rotatable bonds is 19. The van der Waals surface area contributed by atoms with Gasteiger partial charge in [0.25, 0.3) is 0 Å². The van der Waals surface area contributed by atoms with E-state index in [9.17, 15) is 10.2 Å². The van der Waals surface area contributed by atoms with Crippen molar-refractivity contribution in [3.8, 4) is 28.4 Å². The van der Waals surface area contributed by atoms with Crippen LogP contribution in [0.25, 0.3) is 22.0 Å². The normalized spacial score (nSPS) is 25.2. The molecular weight excluding hydrogens is 867 g/mol. The highest BCUT2D eigenvalue weighted by Crippen LogP contribution is 2.62. The number of para-hydroxylation sites is 1. The van der Waals surface area contributed by atoms with Crippen molar-refractivity contribution in [1.29, 1.82) is 0 Å². The van der Waals surface area contributed by atoms with Crippen molar-refractivity contribution in [3.05, 3.63) is 139 Å². The lowest BCUT2D eigenvalue weighted by atomic mass is 9.55. The molecule has 2 N–H and O–H groups in total. The summed E-state index contributed by atoms with van der Waals surface area (Å²) in [6, 6.07) is 31.9. The quantitative estimate of drug-likeness (QED) is 0.0466. The van der Waals surface area contributed by atoms with Crippen molar-refractivity contribution in [1.82, 2.24) is 9.29 Å². The molecular formula is C54H61N3O9S. The second-order valence-corrected chi connectivity index (χ2v) is 20.0. The standard InChI is InChI=1S/C54H61N3O9S/c1-3-32-63-54-49(57(2)67(60,61)48-21-13-18-39-19-14-29-55-53(39)48)36-46(56-66-50-22-9-12-33-62-50)44-34-40(17-7-10-30-58)43(20-8-11-31-59)51(52(44)54)45-35-42(27-28-47(45)65-54)64-41-25-23-38(24-26-41)37-15-5-4-6-16-37/h3-6,13-16,18-19,21,23-29,34-35,40,43,49-52,58-59H,1,7-12,17,20,22,30-33,36H2,2H3/t40-,43+,49-,50?,51+,52+,54+/m0/s1. The molecule has 2 fully saturated rings. The number of ether oxygens (including phenoxy) is 4. The monoisotopic (exact) mass is 927 g/mol. The van der Waals surface area contributed by atoms with Crippen molar-refractivity contribution in [2.24, 2.45) is 22.9 Å². The fourth-order valence-electron chi connectivity index (χ4n) is 10.8. The third kappa shape index (κ3) is 9.55. The van der Waals surface area contributed by atoms with Crippen LogP contribution in [0.1, 0.15) is 75.7 Å². The van der Waals surface area contributed by atoms with E-state index in [-0.39, 0.29) is 48.9 Å². The molecule has 1 saturated carbocycles. The largest absolute Gasteiger partial charge is 0.460 e. The van der Waals surface area contributed by atoms with Gasteiger partial charge in [-0.05, 0) is 110 Å². The van der Waals surface area contributed by atoms with E-state index in [0.29, 0.717) is 59.7 Å². The molecule has 2 aliphatic heterocycles. The zero-order valence-corrected chi connectivity index (χ0v) is 38.9. The van der Waals surface area contributed by atoms with Gasteiger partial charge >= 0.3 is 0 Å². The number of oxime groups is 1. The SMILES string of the molecule is C=CCO[C@@]12Oc3ccc(Oc4ccc(-c5ccccc5)cc4)cc3[C@H]3[C@H](CCCCO)[C@@H](CCCCO)C=C(C(=NOC4CCCCO4)C[C@@H]1N(C)S(=O)(=O)c1cccc4cccnc14)[C@H]32. The first-order valence-corrected chi connectivity index (χ1v) is 25.2. The number of likely N-dealkylation sites (N-methyl/N-ethyl adjacent to an activating group) is 1. The molecule has 1 aromatic heterocycles. The van der Waals surface area contributed by atoms with E-state index < -0.39 is 34.1 Å². The molecule has 9 rings (SSSR count). The smallest absolute Gasteiger partial charge is 0.245 e. The maximum Gasteiger partial charge on any atom is 0.245 e. The average molecular weight is 928 g/mol. The number of allylic oxidation sites excluding steroid dienone is 1. The topological polar surface area (TPSA) is 149 Å². The van der Waals surface area contributed by atoms with E-state index in [1.807, 2.05) is 66.7 Å². The Morgan fingerprint density at radius 2 is 1.66 bits per heavy atom. The number of hydrogen-bond donors (Lipinski definition) is 2. The van der Waals surface area contributed by atoms with E-state index in [2.05, 4.69) is 35.8 Å². The summed E-state index contributed by atoms with van der Waals surface area (Å²) in [5, 5.41) is 25.6. The molecule has 3 heterocycles. The first-order valence-electron chi connectivity index (χ1n) is 23.8. The minimum Gasteiger partial charge on any atom is -0.460 e. The maximum absolute atomic E-state index is 15.3. The Kier molecular flexibility index (Phi) is 14.5. The van der Waals surface area contributed by atoms with Crippen LogP contribution < -0.4 is 9.47 Å². The van der Waals surface area contributed by atoms with Crippen LogP contribution in [0.4, 0.5) is 0 Å². The molecule has 1 unspecified atom stereocenters. The number of pyridine rings is 1. The van der Waals surface area contributed by atoms with Crippen LogP contribution in [0, 0.1) is 17.8 Å². The number of aliphatic hydroxyl groups excluding tert-OH is 2. The predicted molar refractivity (Wildman–Crippen MR) is 258 cm³/mol.